The standard InChI is InChI=1S/C14H17BrN2O2S/c15-12-4-3-10(20-12)5-8-16-9-6-13(18)17-7-1-2-11(17)14(16)19/h3-4,11H,1-2,5-9H2. The lowest BCUT2D eigenvalue weighted by Crippen LogP contribution is -2.44. The van der Waals surface area contributed by atoms with E-state index in [-0.39, 0.29) is 17.9 Å². The SMILES string of the molecule is O=C1C2CCCN2C(=O)CCN1CCc1ccc(Br)s1. The highest BCUT2D eigenvalue weighted by molar-refractivity contribution is 9.11. The molecule has 0 radical (unpaired) electrons. The van der Waals surface area contributed by atoms with Crippen molar-refractivity contribution >= 4 is 39.1 Å². The van der Waals surface area contributed by atoms with Crippen LogP contribution in [-0.4, -0.2) is 47.3 Å². The van der Waals surface area contributed by atoms with Gasteiger partial charge in [0.05, 0.1) is 3.79 Å². The van der Waals surface area contributed by atoms with Crippen LogP contribution in [0.5, 0.6) is 0 Å². The number of thiophene rings is 1. The van der Waals surface area contributed by atoms with Crippen molar-refractivity contribution in [1.82, 2.24) is 9.80 Å². The molecule has 108 valence electrons. The molecule has 0 saturated carbocycles. The van der Waals surface area contributed by atoms with Crippen molar-refractivity contribution in [2.75, 3.05) is 19.6 Å². The molecule has 0 aliphatic carbocycles. The number of nitrogens with zero attached hydrogens (tertiary/aromatic N) is 2. The maximum Gasteiger partial charge on any atom is 0.245 e. The number of hydrogen-bond acceptors (Lipinski definition) is 3. The van der Waals surface area contributed by atoms with Crippen LogP contribution < -0.4 is 0 Å². The van der Waals surface area contributed by atoms with Gasteiger partial charge in [0.15, 0.2) is 0 Å². The average molecular weight is 357 g/mol. The lowest BCUT2D eigenvalue weighted by atomic mass is 10.2. The fraction of sp³-hybridized carbons (Fsp3) is 0.571. The first-order valence-corrected chi connectivity index (χ1v) is 8.58. The monoisotopic (exact) mass is 356 g/mol. The summed E-state index contributed by atoms with van der Waals surface area (Å²) in [5.74, 6) is 0.284. The predicted octanol–water partition coefficient (Wildman–Crippen LogP) is 2.28. The molecule has 0 N–H and O–H groups in total. The number of fused-ring (bicyclic) bond motifs is 1. The Hall–Kier alpha value is -0.880. The minimum atomic E-state index is -0.194. The number of rotatable bonds is 3. The Balaban J connectivity index is 1.66. The summed E-state index contributed by atoms with van der Waals surface area (Å²) in [6.45, 7) is 2.03. The van der Waals surface area contributed by atoms with Crippen LogP contribution in [0.25, 0.3) is 0 Å². The molecule has 1 aromatic rings. The third kappa shape index (κ3) is 2.76. The molecule has 2 aliphatic heterocycles. The molecule has 1 aromatic heterocycles. The van der Waals surface area contributed by atoms with E-state index in [9.17, 15) is 9.59 Å². The Labute approximate surface area is 130 Å². The maximum absolute atomic E-state index is 12.5. The van der Waals surface area contributed by atoms with E-state index in [0.29, 0.717) is 19.5 Å². The smallest absolute Gasteiger partial charge is 0.245 e. The zero-order valence-corrected chi connectivity index (χ0v) is 13.6. The Kier molecular flexibility index (Phi) is 4.12. The van der Waals surface area contributed by atoms with E-state index in [1.165, 1.54) is 4.88 Å². The van der Waals surface area contributed by atoms with Crippen molar-refractivity contribution in [3.63, 3.8) is 0 Å². The Morgan fingerprint density at radius 3 is 2.90 bits per heavy atom. The molecule has 2 aliphatic rings. The summed E-state index contributed by atoms with van der Waals surface area (Å²) in [5, 5.41) is 0. The normalized spacial score (nSPS) is 23.1. The van der Waals surface area contributed by atoms with Crippen molar-refractivity contribution in [1.29, 1.82) is 0 Å². The zero-order chi connectivity index (χ0) is 14.1. The van der Waals surface area contributed by atoms with Gasteiger partial charge in [-0.05, 0) is 47.3 Å². The molecule has 1 unspecified atom stereocenters. The summed E-state index contributed by atoms with van der Waals surface area (Å²) in [6, 6.07) is 3.93. The first-order chi connectivity index (χ1) is 9.65. The number of amides is 2. The summed E-state index contributed by atoms with van der Waals surface area (Å²) in [5.41, 5.74) is 0. The van der Waals surface area contributed by atoms with Crippen LogP contribution in [0.3, 0.4) is 0 Å². The van der Waals surface area contributed by atoms with Crippen LogP contribution >= 0.6 is 27.3 Å². The van der Waals surface area contributed by atoms with Crippen molar-refractivity contribution < 1.29 is 9.59 Å². The summed E-state index contributed by atoms with van der Waals surface area (Å²) < 4.78 is 1.12. The highest BCUT2D eigenvalue weighted by Crippen LogP contribution is 2.25. The van der Waals surface area contributed by atoms with Gasteiger partial charge in [0.1, 0.15) is 6.04 Å². The Morgan fingerprint density at radius 2 is 2.15 bits per heavy atom. The lowest BCUT2D eigenvalue weighted by Gasteiger charge is -2.25. The van der Waals surface area contributed by atoms with Gasteiger partial charge in [0.2, 0.25) is 11.8 Å². The predicted molar refractivity (Wildman–Crippen MR) is 81.7 cm³/mol. The molecule has 1 atom stereocenters. The minimum absolute atomic E-state index is 0.141. The molecular weight excluding hydrogens is 340 g/mol. The largest absolute Gasteiger partial charge is 0.340 e. The van der Waals surface area contributed by atoms with Crippen LogP contribution in [0.15, 0.2) is 15.9 Å². The summed E-state index contributed by atoms with van der Waals surface area (Å²) in [6.07, 6.45) is 3.11. The molecule has 20 heavy (non-hydrogen) atoms. The van der Waals surface area contributed by atoms with E-state index < -0.39 is 0 Å². The van der Waals surface area contributed by atoms with E-state index in [1.807, 2.05) is 11.0 Å². The van der Waals surface area contributed by atoms with Gasteiger partial charge in [0.25, 0.3) is 0 Å². The van der Waals surface area contributed by atoms with Gasteiger partial charge in [-0.1, -0.05) is 0 Å². The maximum atomic E-state index is 12.5. The Morgan fingerprint density at radius 1 is 1.30 bits per heavy atom. The number of halogens is 1. The van der Waals surface area contributed by atoms with Crippen molar-refractivity contribution in [2.45, 2.75) is 31.7 Å². The Bertz CT molecular complexity index is 531. The average Bonchev–Trinajstić information content (AvgIpc) is 3.04. The minimum Gasteiger partial charge on any atom is -0.340 e. The van der Waals surface area contributed by atoms with Crippen LogP contribution in [0, 0.1) is 0 Å². The first kappa shape index (κ1) is 14.1. The number of carbonyl (C=O) groups excluding carboxylic acids is 2. The van der Waals surface area contributed by atoms with Gasteiger partial charge in [-0.25, -0.2) is 0 Å². The quantitative estimate of drug-likeness (QED) is 0.833. The number of carbonyl (C=O) groups is 2. The van der Waals surface area contributed by atoms with E-state index in [0.717, 1.165) is 29.6 Å². The van der Waals surface area contributed by atoms with E-state index in [4.69, 9.17) is 0 Å². The van der Waals surface area contributed by atoms with Crippen LogP contribution in [-0.2, 0) is 16.0 Å². The first-order valence-electron chi connectivity index (χ1n) is 6.97. The van der Waals surface area contributed by atoms with Gasteiger partial charge >= 0.3 is 0 Å². The van der Waals surface area contributed by atoms with Crippen molar-refractivity contribution in [2.24, 2.45) is 0 Å². The zero-order valence-electron chi connectivity index (χ0n) is 11.2. The second-order valence-electron chi connectivity index (χ2n) is 5.28. The van der Waals surface area contributed by atoms with Crippen LogP contribution in [0.2, 0.25) is 0 Å². The highest BCUT2D eigenvalue weighted by Gasteiger charge is 2.38. The summed E-state index contributed by atoms with van der Waals surface area (Å²) in [7, 11) is 0. The molecular formula is C14H17BrN2O2S. The molecule has 2 saturated heterocycles. The van der Waals surface area contributed by atoms with Crippen molar-refractivity contribution in [3.05, 3.63) is 20.8 Å². The highest BCUT2D eigenvalue weighted by atomic mass is 79.9. The third-order valence-corrected chi connectivity index (χ3v) is 5.71. The lowest BCUT2D eigenvalue weighted by molar-refractivity contribution is -0.139. The van der Waals surface area contributed by atoms with Crippen LogP contribution in [0.4, 0.5) is 0 Å². The fourth-order valence-electron chi connectivity index (χ4n) is 2.97. The topological polar surface area (TPSA) is 40.6 Å². The van der Waals surface area contributed by atoms with E-state index >= 15 is 0 Å². The molecule has 4 nitrogen and oxygen atoms in total. The third-order valence-electron chi connectivity index (χ3n) is 4.02. The van der Waals surface area contributed by atoms with E-state index in [2.05, 4.69) is 22.0 Å². The van der Waals surface area contributed by atoms with Crippen LogP contribution in [0.1, 0.15) is 24.1 Å². The second kappa shape index (κ2) is 5.85. The molecule has 0 bridgehead atoms. The molecule has 6 heteroatoms. The molecule has 2 fully saturated rings. The molecule has 0 spiro atoms. The molecule has 3 rings (SSSR count). The van der Waals surface area contributed by atoms with Gasteiger partial charge in [-0.15, -0.1) is 11.3 Å². The van der Waals surface area contributed by atoms with Gasteiger partial charge in [-0.3, -0.25) is 9.59 Å². The second-order valence-corrected chi connectivity index (χ2v) is 7.82. The van der Waals surface area contributed by atoms with E-state index in [1.54, 1.807) is 16.2 Å². The molecule has 0 aromatic carbocycles. The fourth-order valence-corrected chi connectivity index (χ4v) is 4.44. The number of hydrogen-bond donors (Lipinski definition) is 0. The van der Waals surface area contributed by atoms with Gasteiger partial charge in [-0.2, -0.15) is 0 Å². The van der Waals surface area contributed by atoms with Crippen molar-refractivity contribution in [3.8, 4) is 0 Å². The van der Waals surface area contributed by atoms with Gasteiger partial charge in [0, 0.05) is 30.9 Å². The van der Waals surface area contributed by atoms with Gasteiger partial charge < -0.3 is 9.80 Å². The molecule has 2 amide bonds. The summed E-state index contributed by atoms with van der Waals surface area (Å²) in [4.78, 5) is 29.5. The summed E-state index contributed by atoms with van der Waals surface area (Å²) >= 11 is 5.16. The molecule has 3 heterocycles.